The van der Waals surface area contributed by atoms with Crippen molar-refractivity contribution in [1.29, 1.82) is 0 Å². The Morgan fingerprint density at radius 2 is 1.04 bits per heavy atom. The fourth-order valence-electron chi connectivity index (χ4n) is 2.10. The Bertz CT molecular complexity index is 559. The van der Waals surface area contributed by atoms with Gasteiger partial charge in [0, 0.05) is 0 Å². The summed E-state index contributed by atoms with van der Waals surface area (Å²) in [7, 11) is 13.1. The molecule has 7 heteroatoms. The van der Waals surface area contributed by atoms with Crippen LogP contribution in [0.25, 0.3) is 0 Å². The van der Waals surface area contributed by atoms with Crippen molar-refractivity contribution in [3.8, 4) is 11.5 Å². The summed E-state index contributed by atoms with van der Waals surface area (Å²) < 4.78 is 11.3. The average molecular weight is 489 g/mol. The fourth-order valence-corrected chi connectivity index (χ4v) is 11.9. The van der Waals surface area contributed by atoms with Crippen LogP contribution in [-0.4, -0.2) is 35.0 Å². The van der Waals surface area contributed by atoms with Gasteiger partial charge in [-0.25, -0.2) is 0 Å². The number of benzene rings is 2. The molecule has 0 radical (unpaired) electrons. The van der Waals surface area contributed by atoms with Gasteiger partial charge in [-0.3, -0.25) is 0 Å². The van der Waals surface area contributed by atoms with Gasteiger partial charge in [0.05, 0.1) is 0 Å². The van der Waals surface area contributed by atoms with Gasteiger partial charge in [0.15, 0.2) is 0 Å². The van der Waals surface area contributed by atoms with Crippen LogP contribution in [0, 0.1) is 0 Å². The van der Waals surface area contributed by atoms with Gasteiger partial charge in [0.2, 0.25) is 0 Å². The van der Waals surface area contributed by atoms with E-state index in [0.29, 0.717) is 23.9 Å². The van der Waals surface area contributed by atoms with E-state index in [9.17, 15) is 0 Å². The van der Waals surface area contributed by atoms with Gasteiger partial charge in [0.1, 0.15) is 0 Å². The molecule has 0 heterocycles. The van der Waals surface area contributed by atoms with Crippen molar-refractivity contribution in [3.63, 3.8) is 0 Å². The summed E-state index contributed by atoms with van der Waals surface area (Å²) in [5.41, 5.74) is 0. The standard InChI is InChI=1S/C18H20Cl4O2Se/c19-15(11-23-17-7-3-1-4-8-17)13-25(21,22)14-16(20)12-24-18-9-5-2-6-10-18/h1-10,15-16H,11-14H2. The molecule has 0 aliphatic heterocycles. The van der Waals surface area contributed by atoms with Crippen molar-refractivity contribution in [1.82, 2.24) is 0 Å². The Labute approximate surface area is 170 Å². The molecular weight excluding hydrogens is 469 g/mol. The monoisotopic (exact) mass is 488 g/mol. The van der Waals surface area contributed by atoms with E-state index in [2.05, 4.69) is 0 Å². The van der Waals surface area contributed by atoms with Gasteiger partial charge in [-0.05, 0) is 0 Å². The number of hydrogen-bond donors (Lipinski definition) is 0. The molecule has 2 atom stereocenters. The second kappa shape index (κ2) is 10.8. The molecule has 0 saturated carbocycles. The molecule has 25 heavy (non-hydrogen) atoms. The predicted octanol–water partition coefficient (Wildman–Crippen LogP) is 6.28. The molecule has 2 aromatic carbocycles. The molecule has 0 N–H and O–H groups in total. The Balaban J connectivity index is 1.72. The van der Waals surface area contributed by atoms with E-state index in [-0.39, 0.29) is 10.8 Å². The van der Waals surface area contributed by atoms with Crippen molar-refractivity contribution >= 4 is 54.4 Å². The molecule has 0 fully saturated rings. The van der Waals surface area contributed by atoms with Crippen LogP contribution in [0.15, 0.2) is 60.7 Å². The molecule has 2 unspecified atom stereocenters. The third kappa shape index (κ3) is 8.77. The summed E-state index contributed by atoms with van der Waals surface area (Å²) >= 11 is 9.91. The number of alkyl halides is 2. The van der Waals surface area contributed by atoms with Crippen LogP contribution in [0.5, 0.6) is 11.5 Å². The predicted molar refractivity (Wildman–Crippen MR) is 110 cm³/mol. The van der Waals surface area contributed by atoms with Crippen LogP contribution < -0.4 is 9.47 Å². The van der Waals surface area contributed by atoms with E-state index in [1.807, 2.05) is 60.7 Å². The summed E-state index contributed by atoms with van der Waals surface area (Å²) in [6.07, 6.45) is 0. The first-order valence-corrected chi connectivity index (χ1v) is 15.6. The zero-order valence-corrected chi connectivity index (χ0v) is 18.2. The maximum atomic E-state index is 6.53. The molecule has 138 valence electrons. The van der Waals surface area contributed by atoms with Crippen molar-refractivity contribution in [2.75, 3.05) is 13.2 Å². The van der Waals surface area contributed by atoms with Gasteiger partial charge in [-0.1, -0.05) is 0 Å². The minimum absolute atomic E-state index is 0.255. The van der Waals surface area contributed by atoms with Crippen molar-refractivity contribution in [2.45, 2.75) is 21.4 Å². The quantitative estimate of drug-likeness (QED) is 0.289. The zero-order chi connectivity index (χ0) is 18.1. The molecule has 2 nitrogen and oxygen atoms in total. The van der Waals surface area contributed by atoms with E-state index < -0.39 is 11.0 Å². The van der Waals surface area contributed by atoms with Gasteiger partial charge in [-0.15, -0.1) is 0 Å². The first-order valence-electron chi connectivity index (χ1n) is 7.76. The fraction of sp³-hybridized carbons (Fsp3) is 0.333. The normalized spacial score (nSPS) is 14.6. The number of halogens is 4. The van der Waals surface area contributed by atoms with Gasteiger partial charge in [0.25, 0.3) is 0 Å². The number of ether oxygens (including phenoxy) is 2. The molecule has 0 saturated heterocycles. The summed E-state index contributed by atoms with van der Waals surface area (Å²) in [6, 6.07) is 19.0. The third-order valence-corrected chi connectivity index (χ3v) is 10.9. The Hall–Kier alpha value is -0.281. The Kier molecular flexibility index (Phi) is 9.06. The van der Waals surface area contributed by atoms with Crippen LogP contribution in [0.2, 0.25) is 10.6 Å². The number of rotatable bonds is 10. The molecule has 0 aromatic heterocycles. The summed E-state index contributed by atoms with van der Waals surface area (Å²) in [6.45, 7) is 0.717. The number of para-hydroxylation sites is 2. The molecule has 0 aliphatic rings. The van der Waals surface area contributed by atoms with E-state index in [1.54, 1.807) is 0 Å². The summed E-state index contributed by atoms with van der Waals surface area (Å²) in [5, 5.41) is 0.522. The van der Waals surface area contributed by atoms with E-state index in [4.69, 9.17) is 52.9 Å². The first kappa shape index (κ1) is 21.0. The molecule has 0 aliphatic carbocycles. The molecule has 0 bridgehead atoms. The molecule has 2 rings (SSSR count). The van der Waals surface area contributed by atoms with E-state index in [0.717, 1.165) is 11.5 Å². The molecule has 0 amide bonds. The van der Waals surface area contributed by atoms with Gasteiger partial charge in [-0.2, -0.15) is 0 Å². The summed E-state index contributed by atoms with van der Waals surface area (Å²) in [5.74, 6) is 1.55. The third-order valence-electron chi connectivity index (χ3n) is 3.20. The van der Waals surface area contributed by atoms with Crippen LogP contribution in [0.1, 0.15) is 0 Å². The Morgan fingerprint density at radius 1 is 0.680 bits per heavy atom. The van der Waals surface area contributed by atoms with Gasteiger partial charge >= 0.3 is 171 Å². The van der Waals surface area contributed by atoms with Gasteiger partial charge < -0.3 is 0 Å². The summed E-state index contributed by atoms with van der Waals surface area (Å²) in [4.78, 5) is 0. The number of hydrogen-bond acceptors (Lipinski definition) is 2. The van der Waals surface area contributed by atoms with Crippen LogP contribution >= 0.6 is 43.4 Å². The minimum atomic E-state index is -2.78. The van der Waals surface area contributed by atoms with E-state index >= 15 is 0 Å². The van der Waals surface area contributed by atoms with E-state index in [1.165, 1.54) is 0 Å². The Morgan fingerprint density at radius 3 is 1.40 bits per heavy atom. The maximum absolute atomic E-state index is 6.53. The zero-order valence-electron chi connectivity index (χ0n) is 13.5. The second-order valence-corrected chi connectivity index (χ2v) is 18.0. The first-order chi connectivity index (χ1) is 11.9. The molecule has 2 aromatic rings. The second-order valence-electron chi connectivity index (χ2n) is 5.47. The molecule has 0 spiro atoms. The average Bonchev–Trinajstić information content (AvgIpc) is 2.59. The van der Waals surface area contributed by atoms with Crippen molar-refractivity contribution in [3.05, 3.63) is 60.7 Å². The van der Waals surface area contributed by atoms with Crippen molar-refractivity contribution in [2.24, 2.45) is 0 Å². The van der Waals surface area contributed by atoms with Crippen molar-refractivity contribution < 1.29 is 9.47 Å². The van der Waals surface area contributed by atoms with Crippen LogP contribution in [0.3, 0.4) is 0 Å². The SMILES string of the molecule is ClC(COc1ccccc1)C[Se](Cl)(Cl)CC(Cl)COc1ccccc1. The topological polar surface area (TPSA) is 18.5 Å². The molecular formula is C18H20Cl4O2Se. The van der Waals surface area contributed by atoms with Crippen LogP contribution in [-0.2, 0) is 0 Å². The van der Waals surface area contributed by atoms with Crippen LogP contribution in [0.4, 0.5) is 0 Å².